The Morgan fingerprint density at radius 2 is 2.50 bits per heavy atom. The number of aromatic nitrogens is 2. The van der Waals surface area contributed by atoms with E-state index in [0.717, 1.165) is 13.1 Å². The van der Waals surface area contributed by atoms with Crippen LogP contribution in [0.1, 0.15) is 12.5 Å². The lowest BCUT2D eigenvalue weighted by atomic mass is 10.3. The molecule has 2 heterocycles. The Labute approximate surface area is 108 Å². The molecule has 0 radical (unpaired) electrons. The lowest BCUT2D eigenvalue weighted by molar-refractivity contribution is 0.476. The monoisotopic (exact) mass is 299 g/mol. The lowest BCUT2D eigenvalue weighted by Crippen LogP contribution is -2.29. The van der Waals surface area contributed by atoms with Crippen LogP contribution in [-0.2, 0) is 13.1 Å². The minimum atomic E-state index is 0.438. The topological polar surface area (TPSA) is 29.9 Å². The van der Waals surface area contributed by atoms with Crippen molar-refractivity contribution in [1.82, 2.24) is 14.9 Å². The third-order valence-electron chi connectivity index (χ3n) is 2.32. The Morgan fingerprint density at radius 3 is 3.12 bits per heavy atom. The van der Waals surface area contributed by atoms with Crippen LogP contribution in [0.2, 0.25) is 0 Å². The fourth-order valence-corrected chi connectivity index (χ4v) is 2.72. The van der Waals surface area contributed by atoms with Gasteiger partial charge in [-0.25, -0.2) is 4.98 Å². The van der Waals surface area contributed by atoms with Crippen molar-refractivity contribution in [2.24, 2.45) is 0 Å². The van der Waals surface area contributed by atoms with E-state index in [1.807, 2.05) is 18.7 Å². The molecule has 0 aliphatic heterocycles. The van der Waals surface area contributed by atoms with E-state index < -0.39 is 0 Å². The predicted octanol–water partition coefficient (Wildman–Crippen LogP) is 2.89. The Balaban J connectivity index is 1.77. The summed E-state index contributed by atoms with van der Waals surface area (Å²) in [6.07, 6.45) is 5.64. The quantitative estimate of drug-likeness (QED) is 0.920. The van der Waals surface area contributed by atoms with Crippen LogP contribution in [0.15, 0.2) is 34.0 Å². The molecule has 0 aliphatic carbocycles. The minimum Gasteiger partial charge on any atom is -0.336 e. The molecule has 0 fully saturated rings. The maximum Gasteiger partial charge on any atom is 0.0946 e. The average molecular weight is 300 g/mol. The van der Waals surface area contributed by atoms with Gasteiger partial charge in [0, 0.05) is 31.5 Å². The molecule has 0 aromatic carbocycles. The molecule has 5 heteroatoms. The summed E-state index contributed by atoms with van der Waals surface area (Å²) in [5, 5.41) is 5.66. The zero-order chi connectivity index (χ0) is 11.4. The number of rotatable bonds is 5. The Kier molecular flexibility index (Phi) is 4.15. The van der Waals surface area contributed by atoms with Gasteiger partial charge in [0.1, 0.15) is 0 Å². The third kappa shape index (κ3) is 3.43. The number of hydrogen-bond donors (Lipinski definition) is 1. The molecule has 16 heavy (non-hydrogen) atoms. The van der Waals surface area contributed by atoms with Gasteiger partial charge in [-0.2, -0.15) is 0 Å². The van der Waals surface area contributed by atoms with Gasteiger partial charge in [0.15, 0.2) is 0 Å². The van der Waals surface area contributed by atoms with E-state index in [4.69, 9.17) is 0 Å². The summed E-state index contributed by atoms with van der Waals surface area (Å²) in [6.45, 7) is 4.05. The van der Waals surface area contributed by atoms with Crippen LogP contribution in [0.5, 0.6) is 0 Å². The third-order valence-corrected chi connectivity index (χ3v) is 3.87. The first-order valence-corrected chi connectivity index (χ1v) is 6.83. The lowest BCUT2D eigenvalue weighted by Gasteiger charge is -2.13. The van der Waals surface area contributed by atoms with Crippen LogP contribution in [0.25, 0.3) is 0 Å². The first-order chi connectivity index (χ1) is 7.74. The molecule has 0 saturated carbocycles. The Hall–Kier alpha value is -0.650. The van der Waals surface area contributed by atoms with Gasteiger partial charge in [0.2, 0.25) is 0 Å². The number of nitrogens with one attached hydrogen (secondary N) is 1. The molecular formula is C11H14BrN3S. The number of imidazole rings is 1. The summed E-state index contributed by atoms with van der Waals surface area (Å²) < 4.78 is 3.27. The first kappa shape index (κ1) is 11.8. The second-order valence-corrected chi connectivity index (χ2v) is 6.09. The molecule has 0 amide bonds. The summed E-state index contributed by atoms with van der Waals surface area (Å²) in [6, 6.07) is 2.59. The standard InChI is InChI=1S/C11H14BrN3S/c1-9(6-15-3-2-13-8-15)14-5-10-4-11(12)16-7-10/h2-4,7-9,14H,5-6H2,1H3. The second-order valence-electron chi connectivity index (χ2n) is 3.80. The smallest absolute Gasteiger partial charge is 0.0946 e. The summed E-state index contributed by atoms with van der Waals surface area (Å²) in [7, 11) is 0. The molecule has 1 atom stereocenters. The minimum absolute atomic E-state index is 0.438. The molecule has 0 aliphatic rings. The van der Waals surface area contributed by atoms with Crippen molar-refractivity contribution in [3.8, 4) is 0 Å². The number of thiophene rings is 1. The molecule has 3 nitrogen and oxygen atoms in total. The zero-order valence-electron chi connectivity index (χ0n) is 9.06. The summed E-state index contributed by atoms with van der Waals surface area (Å²) in [5.74, 6) is 0. The highest BCUT2D eigenvalue weighted by atomic mass is 79.9. The predicted molar refractivity (Wildman–Crippen MR) is 70.5 cm³/mol. The van der Waals surface area contributed by atoms with E-state index in [0.29, 0.717) is 6.04 Å². The van der Waals surface area contributed by atoms with Crippen LogP contribution >= 0.6 is 27.3 Å². The van der Waals surface area contributed by atoms with Gasteiger partial charge in [-0.05, 0) is 39.9 Å². The highest BCUT2D eigenvalue weighted by Gasteiger charge is 2.03. The van der Waals surface area contributed by atoms with Crippen molar-refractivity contribution < 1.29 is 0 Å². The van der Waals surface area contributed by atoms with Crippen LogP contribution < -0.4 is 5.32 Å². The maximum absolute atomic E-state index is 4.03. The van der Waals surface area contributed by atoms with E-state index >= 15 is 0 Å². The second kappa shape index (κ2) is 5.61. The van der Waals surface area contributed by atoms with Crippen LogP contribution in [0, 0.1) is 0 Å². The molecule has 1 N–H and O–H groups in total. The normalized spacial score (nSPS) is 12.9. The van der Waals surface area contributed by atoms with Crippen molar-refractivity contribution in [2.75, 3.05) is 0 Å². The summed E-state index contributed by atoms with van der Waals surface area (Å²) in [4.78, 5) is 4.03. The fraction of sp³-hybridized carbons (Fsp3) is 0.364. The van der Waals surface area contributed by atoms with Crippen LogP contribution in [0.4, 0.5) is 0 Å². The molecule has 86 valence electrons. The van der Waals surface area contributed by atoms with Gasteiger partial charge >= 0.3 is 0 Å². The molecule has 2 aromatic heterocycles. The Morgan fingerprint density at radius 1 is 1.62 bits per heavy atom. The zero-order valence-corrected chi connectivity index (χ0v) is 11.5. The van der Waals surface area contributed by atoms with Crippen molar-refractivity contribution in [3.63, 3.8) is 0 Å². The molecular weight excluding hydrogens is 286 g/mol. The summed E-state index contributed by atoms with van der Waals surface area (Å²) in [5.41, 5.74) is 1.33. The van der Waals surface area contributed by atoms with Crippen LogP contribution in [0.3, 0.4) is 0 Å². The van der Waals surface area contributed by atoms with Crippen molar-refractivity contribution in [1.29, 1.82) is 0 Å². The van der Waals surface area contributed by atoms with Gasteiger partial charge in [-0.15, -0.1) is 11.3 Å². The van der Waals surface area contributed by atoms with E-state index in [2.05, 4.69) is 49.2 Å². The van der Waals surface area contributed by atoms with Crippen molar-refractivity contribution >= 4 is 27.3 Å². The maximum atomic E-state index is 4.03. The van der Waals surface area contributed by atoms with Crippen LogP contribution in [-0.4, -0.2) is 15.6 Å². The highest BCUT2D eigenvalue weighted by Crippen LogP contribution is 2.20. The molecule has 2 rings (SSSR count). The number of nitrogens with zero attached hydrogens (tertiary/aromatic N) is 2. The van der Waals surface area contributed by atoms with Crippen molar-refractivity contribution in [3.05, 3.63) is 39.5 Å². The summed E-state index contributed by atoms with van der Waals surface area (Å²) >= 11 is 5.19. The average Bonchev–Trinajstić information content (AvgIpc) is 2.87. The molecule has 0 bridgehead atoms. The van der Waals surface area contributed by atoms with E-state index in [1.54, 1.807) is 11.3 Å². The molecule has 1 unspecified atom stereocenters. The number of hydrogen-bond acceptors (Lipinski definition) is 3. The molecule has 0 saturated heterocycles. The van der Waals surface area contributed by atoms with E-state index in [1.165, 1.54) is 9.35 Å². The number of halogens is 1. The van der Waals surface area contributed by atoms with Gasteiger partial charge in [0.25, 0.3) is 0 Å². The molecule has 0 spiro atoms. The van der Waals surface area contributed by atoms with Gasteiger partial charge < -0.3 is 9.88 Å². The van der Waals surface area contributed by atoms with Gasteiger partial charge in [0.05, 0.1) is 10.1 Å². The fourth-order valence-electron chi connectivity index (χ4n) is 1.51. The largest absolute Gasteiger partial charge is 0.336 e. The highest BCUT2D eigenvalue weighted by molar-refractivity contribution is 9.11. The van der Waals surface area contributed by atoms with Gasteiger partial charge in [-0.1, -0.05) is 0 Å². The van der Waals surface area contributed by atoms with E-state index in [-0.39, 0.29) is 0 Å². The SMILES string of the molecule is CC(Cn1ccnc1)NCc1csc(Br)c1. The molecule has 2 aromatic rings. The van der Waals surface area contributed by atoms with E-state index in [9.17, 15) is 0 Å². The van der Waals surface area contributed by atoms with Crippen molar-refractivity contribution in [2.45, 2.75) is 26.1 Å². The van der Waals surface area contributed by atoms with Gasteiger partial charge in [-0.3, -0.25) is 0 Å². The first-order valence-electron chi connectivity index (χ1n) is 5.16. The Bertz CT molecular complexity index is 424.